The summed E-state index contributed by atoms with van der Waals surface area (Å²) in [5, 5.41) is 10.9. The fourth-order valence-electron chi connectivity index (χ4n) is 2.18. The lowest BCUT2D eigenvalue weighted by Gasteiger charge is -2.07. The number of nitro groups is 1. The largest absolute Gasteiger partial charge is 0.317 e. The van der Waals surface area contributed by atoms with Gasteiger partial charge in [0.05, 0.1) is 15.5 Å². The molecule has 0 aliphatic carbocycles. The highest BCUT2D eigenvalue weighted by Crippen LogP contribution is 2.32. The zero-order valence-corrected chi connectivity index (χ0v) is 13.6. The Labute approximate surface area is 141 Å². The minimum atomic E-state index is -0.436. The highest BCUT2D eigenvalue weighted by Gasteiger charge is 2.28. The molecular formula is C15H11N3O3S2. The summed E-state index contributed by atoms with van der Waals surface area (Å²) in [4.78, 5) is 24.5. The van der Waals surface area contributed by atoms with Crippen molar-refractivity contribution in [2.45, 2.75) is 0 Å². The van der Waals surface area contributed by atoms with Gasteiger partial charge in [0.25, 0.3) is 11.6 Å². The Bertz CT molecular complexity index is 857. The van der Waals surface area contributed by atoms with Gasteiger partial charge < -0.3 is 4.57 Å². The summed E-state index contributed by atoms with van der Waals surface area (Å²) in [5.74, 6) is -0.146. The molecule has 3 rings (SSSR count). The van der Waals surface area contributed by atoms with Gasteiger partial charge in [-0.05, 0) is 24.3 Å². The molecule has 0 bridgehead atoms. The van der Waals surface area contributed by atoms with E-state index < -0.39 is 4.92 Å². The van der Waals surface area contributed by atoms with Crippen LogP contribution in [0.1, 0.15) is 5.69 Å². The van der Waals surface area contributed by atoms with Gasteiger partial charge in [0.2, 0.25) is 0 Å². The van der Waals surface area contributed by atoms with Crippen LogP contribution in [0.2, 0.25) is 0 Å². The number of thiocarbonyl (C=S) groups is 1. The van der Waals surface area contributed by atoms with Gasteiger partial charge in [-0.15, -0.1) is 0 Å². The third-order valence-electron chi connectivity index (χ3n) is 3.36. The highest BCUT2D eigenvalue weighted by molar-refractivity contribution is 8.26. The fourth-order valence-corrected chi connectivity index (χ4v) is 3.35. The Morgan fingerprint density at radius 2 is 2.09 bits per heavy atom. The molecule has 1 aromatic carbocycles. The van der Waals surface area contributed by atoms with E-state index in [4.69, 9.17) is 12.2 Å². The maximum absolute atomic E-state index is 12.1. The Balaban J connectivity index is 2.01. The van der Waals surface area contributed by atoms with Gasteiger partial charge in [-0.25, -0.2) is 0 Å². The predicted octanol–water partition coefficient (Wildman–Crippen LogP) is 3.22. The molecule has 0 atom stereocenters. The maximum Gasteiger partial charge on any atom is 0.271 e. The molecule has 1 aromatic heterocycles. The summed E-state index contributed by atoms with van der Waals surface area (Å²) in [6.45, 7) is 0. The lowest BCUT2D eigenvalue weighted by Crippen LogP contribution is -2.22. The Hall–Kier alpha value is -2.45. The minimum Gasteiger partial charge on any atom is -0.317 e. The Kier molecular flexibility index (Phi) is 4.01. The quantitative estimate of drug-likeness (QED) is 0.370. The van der Waals surface area contributed by atoms with Gasteiger partial charge in [-0.1, -0.05) is 30.0 Å². The van der Waals surface area contributed by atoms with Crippen LogP contribution >= 0.6 is 24.0 Å². The van der Waals surface area contributed by atoms with Crippen molar-refractivity contribution in [2.24, 2.45) is 0 Å². The number of nitrogens with zero attached hydrogens (tertiary/aromatic N) is 3. The molecule has 0 radical (unpaired) electrons. The van der Waals surface area contributed by atoms with E-state index in [2.05, 4.69) is 0 Å². The maximum atomic E-state index is 12.1. The molecule has 1 saturated heterocycles. The number of non-ortho nitro benzene ring substituents is 1. The molecule has 8 heteroatoms. The number of hydrogen-bond donors (Lipinski definition) is 0. The summed E-state index contributed by atoms with van der Waals surface area (Å²) in [7, 11) is 1.64. The molecule has 1 aliphatic heterocycles. The van der Waals surface area contributed by atoms with Crippen molar-refractivity contribution < 1.29 is 9.72 Å². The standard InChI is InChI=1S/C15H11N3O3S2/c1-16-14(19)13(23-15(16)22)9-11-6-3-7-17(11)10-4-2-5-12(8-10)18(20)21/h2-9H,1H3. The molecule has 2 aromatic rings. The second-order valence-electron chi connectivity index (χ2n) is 4.82. The number of benzene rings is 1. The van der Waals surface area contributed by atoms with Gasteiger partial charge >= 0.3 is 0 Å². The van der Waals surface area contributed by atoms with Crippen molar-refractivity contribution in [2.75, 3.05) is 7.05 Å². The summed E-state index contributed by atoms with van der Waals surface area (Å²) in [5.41, 5.74) is 1.42. The molecule has 1 aliphatic rings. The smallest absolute Gasteiger partial charge is 0.271 e. The zero-order chi connectivity index (χ0) is 16.6. The van der Waals surface area contributed by atoms with Crippen LogP contribution in [0, 0.1) is 10.1 Å². The molecule has 116 valence electrons. The van der Waals surface area contributed by atoms with Crippen molar-refractivity contribution in [3.8, 4) is 5.69 Å². The van der Waals surface area contributed by atoms with E-state index in [9.17, 15) is 14.9 Å². The van der Waals surface area contributed by atoms with E-state index >= 15 is 0 Å². The van der Waals surface area contributed by atoms with Gasteiger partial charge in [-0.3, -0.25) is 19.8 Å². The summed E-state index contributed by atoms with van der Waals surface area (Å²) >= 11 is 6.35. The van der Waals surface area contributed by atoms with Crippen LogP contribution in [0.3, 0.4) is 0 Å². The van der Waals surface area contributed by atoms with E-state index in [-0.39, 0.29) is 11.6 Å². The van der Waals surface area contributed by atoms with Gasteiger partial charge in [-0.2, -0.15) is 0 Å². The second kappa shape index (κ2) is 5.98. The number of nitro benzene ring substituents is 1. The van der Waals surface area contributed by atoms with E-state index in [0.29, 0.717) is 14.9 Å². The fraction of sp³-hybridized carbons (Fsp3) is 0.0667. The molecule has 6 nitrogen and oxygen atoms in total. The predicted molar refractivity (Wildman–Crippen MR) is 93.4 cm³/mol. The third kappa shape index (κ3) is 2.90. The van der Waals surface area contributed by atoms with Crippen LogP contribution in [-0.2, 0) is 4.79 Å². The third-order valence-corrected chi connectivity index (χ3v) is 4.85. The number of carbonyl (C=O) groups excluding carboxylic acids is 1. The Morgan fingerprint density at radius 1 is 1.30 bits per heavy atom. The molecule has 1 amide bonds. The van der Waals surface area contributed by atoms with Gasteiger partial charge in [0.1, 0.15) is 4.32 Å². The molecular weight excluding hydrogens is 334 g/mol. The molecule has 1 fully saturated rings. The summed E-state index contributed by atoms with van der Waals surface area (Å²) < 4.78 is 2.30. The molecule has 23 heavy (non-hydrogen) atoms. The molecule has 0 N–H and O–H groups in total. The number of carbonyl (C=O) groups is 1. The number of hydrogen-bond acceptors (Lipinski definition) is 5. The number of amides is 1. The van der Waals surface area contributed by atoms with E-state index in [1.165, 1.54) is 28.8 Å². The highest BCUT2D eigenvalue weighted by atomic mass is 32.2. The normalized spacial score (nSPS) is 16.4. The first-order chi connectivity index (χ1) is 11.0. The van der Waals surface area contributed by atoms with Crippen molar-refractivity contribution in [3.05, 3.63) is 63.3 Å². The molecule has 2 heterocycles. The summed E-state index contributed by atoms with van der Waals surface area (Å²) in [6.07, 6.45) is 3.53. The average Bonchev–Trinajstić information content (AvgIpc) is 3.09. The van der Waals surface area contributed by atoms with Crippen LogP contribution in [0.4, 0.5) is 5.69 Å². The van der Waals surface area contributed by atoms with Gasteiger partial charge in [0, 0.05) is 31.1 Å². The lowest BCUT2D eigenvalue weighted by molar-refractivity contribution is -0.384. The Morgan fingerprint density at radius 3 is 2.74 bits per heavy atom. The monoisotopic (exact) mass is 345 g/mol. The van der Waals surface area contributed by atoms with Crippen molar-refractivity contribution in [1.29, 1.82) is 0 Å². The van der Waals surface area contributed by atoms with E-state index in [0.717, 1.165) is 5.69 Å². The SMILES string of the molecule is CN1C(=O)C(=Cc2cccn2-c2cccc([N+](=O)[O-])c2)SC1=S. The van der Waals surface area contributed by atoms with Crippen LogP contribution in [0.15, 0.2) is 47.5 Å². The van der Waals surface area contributed by atoms with Gasteiger partial charge in [0.15, 0.2) is 0 Å². The van der Waals surface area contributed by atoms with E-state index in [1.807, 2.05) is 12.1 Å². The zero-order valence-electron chi connectivity index (χ0n) is 12.0. The molecule has 0 spiro atoms. The van der Waals surface area contributed by atoms with Crippen LogP contribution < -0.4 is 0 Å². The van der Waals surface area contributed by atoms with Crippen LogP contribution in [0.25, 0.3) is 11.8 Å². The minimum absolute atomic E-state index is 0.0158. The topological polar surface area (TPSA) is 68.4 Å². The number of thioether (sulfide) groups is 1. The summed E-state index contributed by atoms with van der Waals surface area (Å²) in [6, 6.07) is 9.98. The van der Waals surface area contributed by atoms with Crippen LogP contribution in [0.5, 0.6) is 0 Å². The van der Waals surface area contributed by atoms with E-state index in [1.54, 1.807) is 36.0 Å². The first-order valence-corrected chi connectivity index (χ1v) is 7.83. The number of aromatic nitrogens is 1. The average molecular weight is 345 g/mol. The van der Waals surface area contributed by atoms with Crippen molar-refractivity contribution in [3.63, 3.8) is 0 Å². The first-order valence-electron chi connectivity index (χ1n) is 6.61. The first kappa shape index (κ1) is 15.4. The number of likely N-dealkylation sites (N-methyl/N-ethyl adjacent to an activating group) is 1. The van der Waals surface area contributed by atoms with Crippen LogP contribution in [-0.4, -0.2) is 31.7 Å². The lowest BCUT2D eigenvalue weighted by atomic mass is 10.2. The van der Waals surface area contributed by atoms with Crippen molar-refractivity contribution >= 4 is 46.0 Å². The van der Waals surface area contributed by atoms with Crippen molar-refractivity contribution in [1.82, 2.24) is 9.47 Å². The molecule has 0 saturated carbocycles. The number of rotatable bonds is 3. The molecule has 0 unspecified atom stereocenters. The second-order valence-corrected chi connectivity index (χ2v) is 6.50.